The van der Waals surface area contributed by atoms with Gasteiger partial charge in [-0.25, -0.2) is 0 Å². The van der Waals surface area contributed by atoms with Gasteiger partial charge in [-0.1, -0.05) is 0 Å². The number of carbonyl (C=O) groups is 1. The molecule has 1 rings (SSSR count). The van der Waals surface area contributed by atoms with Crippen molar-refractivity contribution in [3.63, 3.8) is 0 Å². The summed E-state index contributed by atoms with van der Waals surface area (Å²) in [5, 5.41) is 2.87. The molecule has 0 spiro atoms. The summed E-state index contributed by atoms with van der Waals surface area (Å²) < 4.78 is 6.01. The van der Waals surface area contributed by atoms with Gasteiger partial charge in [-0.05, 0) is 48.0 Å². The van der Waals surface area contributed by atoms with Gasteiger partial charge in [-0.15, -0.1) is 12.6 Å². The highest BCUT2D eigenvalue weighted by Crippen LogP contribution is 2.20. The van der Waals surface area contributed by atoms with Crippen LogP contribution in [0.25, 0.3) is 0 Å². The second-order valence-electron chi connectivity index (χ2n) is 3.70. The van der Waals surface area contributed by atoms with E-state index in [2.05, 4.69) is 33.9 Å². The minimum atomic E-state index is -0.125. The van der Waals surface area contributed by atoms with Crippen LogP contribution in [0.5, 0.6) is 0 Å². The fourth-order valence-corrected chi connectivity index (χ4v) is 1.96. The van der Waals surface area contributed by atoms with Gasteiger partial charge in [-0.3, -0.25) is 4.79 Å². The van der Waals surface area contributed by atoms with E-state index in [-0.39, 0.29) is 11.9 Å². The fraction of sp³-hybridized carbons (Fsp3) is 0.417. The normalized spacial score (nSPS) is 12.2. The van der Waals surface area contributed by atoms with Gasteiger partial charge in [0.05, 0.1) is 12.2 Å². The molecule has 0 heterocycles. The molecule has 0 fully saturated rings. The molecule has 0 saturated heterocycles. The zero-order valence-corrected chi connectivity index (χ0v) is 12.3. The number of nitrogens with one attached hydrogen (secondary N) is 1. The smallest absolute Gasteiger partial charge is 0.252 e. The standard InChI is InChI=1S/C12H16BrNO2S/c1-3-16-7-8(2)14-12(15)10-6-9(17)4-5-11(10)13/h4-6,8,17H,3,7H2,1-2H3,(H,14,15). The second-order valence-corrected chi connectivity index (χ2v) is 5.07. The number of hydrogen-bond donors (Lipinski definition) is 2. The van der Waals surface area contributed by atoms with Crippen LogP contribution in [0.1, 0.15) is 24.2 Å². The SMILES string of the molecule is CCOCC(C)NC(=O)c1cc(S)ccc1Br. The summed E-state index contributed by atoms with van der Waals surface area (Å²) >= 11 is 7.57. The molecule has 3 nitrogen and oxygen atoms in total. The topological polar surface area (TPSA) is 38.3 Å². The molecule has 0 saturated carbocycles. The molecule has 1 unspecified atom stereocenters. The number of carbonyl (C=O) groups excluding carboxylic acids is 1. The molecule has 1 amide bonds. The Hall–Kier alpha value is -0.520. The minimum Gasteiger partial charge on any atom is -0.380 e. The molecule has 0 radical (unpaired) electrons. The number of benzene rings is 1. The van der Waals surface area contributed by atoms with Crippen molar-refractivity contribution in [2.24, 2.45) is 0 Å². The molecule has 5 heteroatoms. The first-order valence-electron chi connectivity index (χ1n) is 5.41. The van der Waals surface area contributed by atoms with Crippen molar-refractivity contribution in [3.05, 3.63) is 28.2 Å². The number of rotatable bonds is 5. The molecule has 0 aliphatic rings. The van der Waals surface area contributed by atoms with Crippen molar-refractivity contribution in [3.8, 4) is 0 Å². The summed E-state index contributed by atoms with van der Waals surface area (Å²) in [6.07, 6.45) is 0. The highest BCUT2D eigenvalue weighted by atomic mass is 79.9. The summed E-state index contributed by atoms with van der Waals surface area (Å²) in [5.74, 6) is -0.125. The van der Waals surface area contributed by atoms with Crippen LogP contribution in [0, 0.1) is 0 Å². The highest BCUT2D eigenvalue weighted by Gasteiger charge is 2.13. The van der Waals surface area contributed by atoms with Gasteiger partial charge in [0.15, 0.2) is 0 Å². The van der Waals surface area contributed by atoms with E-state index >= 15 is 0 Å². The quantitative estimate of drug-likeness (QED) is 0.819. The van der Waals surface area contributed by atoms with Crippen molar-refractivity contribution in [2.75, 3.05) is 13.2 Å². The zero-order chi connectivity index (χ0) is 12.8. The van der Waals surface area contributed by atoms with E-state index in [1.807, 2.05) is 26.0 Å². The average Bonchev–Trinajstić information content (AvgIpc) is 2.29. The molecule has 1 aromatic carbocycles. The lowest BCUT2D eigenvalue weighted by atomic mass is 10.2. The number of halogens is 1. The maximum absolute atomic E-state index is 12.0. The maximum Gasteiger partial charge on any atom is 0.252 e. The monoisotopic (exact) mass is 317 g/mol. The lowest BCUT2D eigenvalue weighted by molar-refractivity contribution is 0.0871. The van der Waals surface area contributed by atoms with Crippen molar-refractivity contribution in [1.82, 2.24) is 5.32 Å². The third kappa shape index (κ3) is 4.69. The van der Waals surface area contributed by atoms with Gasteiger partial charge in [0.2, 0.25) is 0 Å². The number of thiol groups is 1. The van der Waals surface area contributed by atoms with Crippen LogP contribution in [0.4, 0.5) is 0 Å². The van der Waals surface area contributed by atoms with E-state index in [1.54, 1.807) is 6.07 Å². The Bertz CT molecular complexity index is 398. The van der Waals surface area contributed by atoms with Crippen LogP contribution in [-0.4, -0.2) is 25.2 Å². The molecule has 1 aromatic rings. The molecule has 17 heavy (non-hydrogen) atoms. The summed E-state index contributed by atoms with van der Waals surface area (Å²) in [7, 11) is 0. The van der Waals surface area contributed by atoms with Gasteiger partial charge in [0.25, 0.3) is 5.91 Å². The molecular formula is C12H16BrNO2S. The average molecular weight is 318 g/mol. The van der Waals surface area contributed by atoms with Crippen molar-refractivity contribution >= 4 is 34.5 Å². The molecular weight excluding hydrogens is 302 g/mol. The largest absolute Gasteiger partial charge is 0.380 e. The summed E-state index contributed by atoms with van der Waals surface area (Å²) in [4.78, 5) is 12.7. The first kappa shape index (κ1) is 14.5. The lowest BCUT2D eigenvalue weighted by Crippen LogP contribution is -2.36. The first-order valence-corrected chi connectivity index (χ1v) is 6.65. The van der Waals surface area contributed by atoms with Crippen LogP contribution in [0.3, 0.4) is 0 Å². The zero-order valence-electron chi connectivity index (χ0n) is 9.87. The van der Waals surface area contributed by atoms with Gasteiger partial charge in [0, 0.05) is 22.0 Å². The molecule has 1 N–H and O–H groups in total. The Morgan fingerprint density at radius 3 is 2.94 bits per heavy atom. The van der Waals surface area contributed by atoms with E-state index < -0.39 is 0 Å². The van der Waals surface area contributed by atoms with Gasteiger partial charge in [0.1, 0.15) is 0 Å². The molecule has 1 atom stereocenters. The third-order valence-corrected chi connectivity index (χ3v) is 3.11. The minimum absolute atomic E-state index is 0.0158. The van der Waals surface area contributed by atoms with Crippen LogP contribution >= 0.6 is 28.6 Å². The fourth-order valence-electron chi connectivity index (χ4n) is 1.33. The Balaban J connectivity index is 2.66. The molecule has 0 aliphatic heterocycles. The van der Waals surface area contributed by atoms with Gasteiger partial charge < -0.3 is 10.1 Å². The highest BCUT2D eigenvalue weighted by molar-refractivity contribution is 9.10. The summed E-state index contributed by atoms with van der Waals surface area (Å²) in [5.41, 5.74) is 0.584. The number of amides is 1. The Morgan fingerprint density at radius 1 is 1.59 bits per heavy atom. The van der Waals surface area contributed by atoms with Crippen LogP contribution in [0.15, 0.2) is 27.6 Å². The molecule has 0 aliphatic carbocycles. The van der Waals surface area contributed by atoms with E-state index in [4.69, 9.17) is 4.74 Å². The molecule has 0 bridgehead atoms. The Kier molecular flexibility index (Phi) is 6.02. The van der Waals surface area contributed by atoms with Crippen molar-refractivity contribution in [2.45, 2.75) is 24.8 Å². The van der Waals surface area contributed by atoms with E-state index in [9.17, 15) is 4.79 Å². The number of ether oxygens (including phenoxy) is 1. The summed E-state index contributed by atoms with van der Waals surface area (Å²) in [6, 6.07) is 5.35. The second kappa shape index (κ2) is 7.03. The third-order valence-electron chi connectivity index (χ3n) is 2.14. The van der Waals surface area contributed by atoms with Crippen molar-refractivity contribution in [1.29, 1.82) is 0 Å². The van der Waals surface area contributed by atoms with Crippen LogP contribution in [-0.2, 0) is 4.74 Å². The predicted molar refractivity (Wildman–Crippen MR) is 74.8 cm³/mol. The van der Waals surface area contributed by atoms with Gasteiger partial charge in [-0.2, -0.15) is 0 Å². The predicted octanol–water partition coefficient (Wildman–Crippen LogP) is 2.89. The van der Waals surface area contributed by atoms with E-state index in [0.717, 1.165) is 9.37 Å². The maximum atomic E-state index is 12.0. The Morgan fingerprint density at radius 2 is 2.29 bits per heavy atom. The summed E-state index contributed by atoms with van der Waals surface area (Å²) in [6.45, 7) is 5.00. The Labute approximate surface area is 115 Å². The van der Waals surface area contributed by atoms with Crippen LogP contribution in [0.2, 0.25) is 0 Å². The van der Waals surface area contributed by atoms with Gasteiger partial charge >= 0.3 is 0 Å². The lowest BCUT2D eigenvalue weighted by Gasteiger charge is -2.14. The van der Waals surface area contributed by atoms with Crippen molar-refractivity contribution < 1.29 is 9.53 Å². The van der Waals surface area contributed by atoms with Crippen LogP contribution < -0.4 is 5.32 Å². The molecule has 94 valence electrons. The van der Waals surface area contributed by atoms with E-state index in [1.165, 1.54) is 0 Å². The number of hydrogen-bond acceptors (Lipinski definition) is 3. The molecule has 0 aromatic heterocycles. The first-order chi connectivity index (χ1) is 8.04. The van der Waals surface area contributed by atoms with E-state index in [0.29, 0.717) is 18.8 Å².